The first-order valence-corrected chi connectivity index (χ1v) is 8.15. The second-order valence-electron chi connectivity index (χ2n) is 6.13. The van der Waals surface area contributed by atoms with Gasteiger partial charge < -0.3 is 4.90 Å². The van der Waals surface area contributed by atoms with Crippen LogP contribution in [0.25, 0.3) is 11.1 Å². The lowest BCUT2D eigenvalue weighted by Crippen LogP contribution is -2.29. The van der Waals surface area contributed by atoms with Gasteiger partial charge in [0.15, 0.2) is 0 Å². The molecule has 4 rings (SSSR count). The molecule has 23 heavy (non-hydrogen) atoms. The zero-order chi connectivity index (χ0) is 15.6. The predicted octanol–water partition coefficient (Wildman–Crippen LogP) is 4.87. The third-order valence-electron chi connectivity index (χ3n) is 4.75. The molecule has 1 aromatic heterocycles. The van der Waals surface area contributed by atoms with E-state index in [1.807, 2.05) is 12.3 Å². The molecule has 0 bridgehead atoms. The van der Waals surface area contributed by atoms with Crippen molar-refractivity contribution in [2.24, 2.45) is 0 Å². The number of aromatic nitrogens is 1. The molecule has 0 radical (unpaired) electrons. The molecule has 114 valence electrons. The maximum atomic E-state index is 4.55. The summed E-state index contributed by atoms with van der Waals surface area (Å²) in [5.41, 5.74) is 6.50. The van der Waals surface area contributed by atoms with Crippen molar-refractivity contribution in [3.63, 3.8) is 0 Å². The van der Waals surface area contributed by atoms with Gasteiger partial charge in [0, 0.05) is 18.9 Å². The molecule has 2 nitrogen and oxygen atoms in total. The number of nitrogens with zero attached hydrogens (tertiary/aromatic N) is 2. The molecule has 2 heterocycles. The van der Waals surface area contributed by atoms with Gasteiger partial charge in [-0.15, -0.1) is 0 Å². The molecule has 0 N–H and O–H groups in total. The molecule has 0 saturated carbocycles. The molecule has 3 aromatic rings. The highest BCUT2D eigenvalue weighted by Crippen LogP contribution is 2.38. The molecule has 1 atom stereocenters. The zero-order valence-electron chi connectivity index (χ0n) is 13.3. The van der Waals surface area contributed by atoms with Crippen LogP contribution < -0.4 is 4.90 Å². The van der Waals surface area contributed by atoms with Crippen molar-refractivity contribution >= 4 is 5.69 Å². The monoisotopic (exact) mass is 300 g/mol. The van der Waals surface area contributed by atoms with E-state index in [1.165, 1.54) is 22.4 Å². The van der Waals surface area contributed by atoms with Crippen LogP contribution in [-0.4, -0.2) is 12.0 Å². The maximum absolute atomic E-state index is 4.55. The number of benzene rings is 2. The first-order valence-electron chi connectivity index (χ1n) is 8.15. The quantitative estimate of drug-likeness (QED) is 0.671. The molecule has 0 amide bonds. The molecule has 0 fully saturated rings. The van der Waals surface area contributed by atoms with E-state index in [-0.39, 0.29) is 0 Å². The molecular formula is C21H20N2. The number of hydrogen-bond acceptors (Lipinski definition) is 2. The van der Waals surface area contributed by atoms with E-state index in [4.69, 9.17) is 0 Å². The van der Waals surface area contributed by atoms with E-state index in [9.17, 15) is 0 Å². The Bertz CT molecular complexity index is 797. The molecule has 0 unspecified atom stereocenters. The predicted molar refractivity (Wildman–Crippen MR) is 95.6 cm³/mol. The Balaban J connectivity index is 1.68. The van der Waals surface area contributed by atoms with Crippen molar-refractivity contribution in [2.45, 2.75) is 18.9 Å². The second kappa shape index (κ2) is 5.88. The van der Waals surface area contributed by atoms with Crippen LogP contribution >= 0.6 is 0 Å². The number of pyridine rings is 1. The Labute approximate surface area is 137 Å². The molecule has 0 spiro atoms. The van der Waals surface area contributed by atoms with Crippen LogP contribution in [0.15, 0.2) is 72.9 Å². The van der Waals surface area contributed by atoms with Crippen molar-refractivity contribution in [3.8, 4) is 11.1 Å². The smallest absolute Gasteiger partial charge is 0.0713 e. The van der Waals surface area contributed by atoms with Crippen molar-refractivity contribution < 1.29 is 0 Å². The van der Waals surface area contributed by atoms with E-state index in [0.717, 1.165) is 18.5 Å². The van der Waals surface area contributed by atoms with E-state index < -0.39 is 0 Å². The maximum Gasteiger partial charge on any atom is 0.0713 e. The van der Waals surface area contributed by atoms with E-state index in [1.54, 1.807) is 0 Å². The standard InChI is InChI=1S/C21H20N2/c1-23-20-12-10-17(16-7-3-2-4-8-16)15-18(20)11-13-21(23)19-9-5-6-14-22-19/h2-10,12,14-15,21H,11,13H2,1H3/t21-/m0/s1. The Morgan fingerprint density at radius 1 is 0.913 bits per heavy atom. The van der Waals surface area contributed by atoms with Crippen LogP contribution in [0.5, 0.6) is 0 Å². The summed E-state index contributed by atoms with van der Waals surface area (Å²) < 4.78 is 0. The Kier molecular flexibility index (Phi) is 3.58. The lowest BCUT2D eigenvalue weighted by molar-refractivity contribution is 0.570. The normalized spacial score (nSPS) is 16.9. The summed E-state index contributed by atoms with van der Waals surface area (Å²) in [5, 5.41) is 0. The average molecular weight is 300 g/mol. The topological polar surface area (TPSA) is 16.1 Å². The highest BCUT2D eigenvalue weighted by atomic mass is 15.2. The summed E-state index contributed by atoms with van der Waals surface area (Å²) in [6, 6.07) is 24.0. The van der Waals surface area contributed by atoms with Crippen LogP contribution in [0.2, 0.25) is 0 Å². The Hall–Kier alpha value is -2.61. The van der Waals surface area contributed by atoms with Crippen LogP contribution in [0.4, 0.5) is 5.69 Å². The highest BCUT2D eigenvalue weighted by molar-refractivity contribution is 5.70. The fourth-order valence-corrected chi connectivity index (χ4v) is 3.51. The molecule has 1 aliphatic rings. The molecule has 0 saturated heterocycles. The van der Waals surface area contributed by atoms with Crippen molar-refractivity contribution in [1.29, 1.82) is 0 Å². The average Bonchev–Trinajstić information content (AvgIpc) is 2.63. The van der Waals surface area contributed by atoms with Gasteiger partial charge in [-0.05, 0) is 53.8 Å². The van der Waals surface area contributed by atoms with Gasteiger partial charge in [-0.1, -0.05) is 42.5 Å². The minimum atomic E-state index is 0.367. The van der Waals surface area contributed by atoms with Gasteiger partial charge in [-0.25, -0.2) is 0 Å². The van der Waals surface area contributed by atoms with Crippen LogP contribution in [0.3, 0.4) is 0 Å². The molecule has 1 aliphatic heterocycles. The van der Waals surface area contributed by atoms with Crippen LogP contribution in [0, 0.1) is 0 Å². The lowest BCUT2D eigenvalue weighted by atomic mass is 9.91. The van der Waals surface area contributed by atoms with Gasteiger partial charge in [0.05, 0.1) is 11.7 Å². The summed E-state index contributed by atoms with van der Waals surface area (Å²) >= 11 is 0. The van der Waals surface area contributed by atoms with Gasteiger partial charge in [0.2, 0.25) is 0 Å². The highest BCUT2D eigenvalue weighted by Gasteiger charge is 2.25. The first kappa shape index (κ1) is 14.0. The SMILES string of the molecule is CN1c2ccc(-c3ccccc3)cc2CC[C@H]1c1ccccn1. The minimum absolute atomic E-state index is 0.367. The van der Waals surface area contributed by atoms with Gasteiger partial charge in [0.25, 0.3) is 0 Å². The van der Waals surface area contributed by atoms with Gasteiger partial charge >= 0.3 is 0 Å². The van der Waals surface area contributed by atoms with Crippen molar-refractivity contribution in [1.82, 2.24) is 4.98 Å². The van der Waals surface area contributed by atoms with Gasteiger partial charge in [-0.3, -0.25) is 4.98 Å². The summed E-state index contributed by atoms with van der Waals surface area (Å²) in [5.74, 6) is 0. The summed E-state index contributed by atoms with van der Waals surface area (Å²) in [7, 11) is 2.18. The Morgan fingerprint density at radius 2 is 1.74 bits per heavy atom. The number of aryl methyl sites for hydroxylation is 1. The van der Waals surface area contributed by atoms with Gasteiger partial charge in [-0.2, -0.15) is 0 Å². The second-order valence-corrected chi connectivity index (χ2v) is 6.13. The summed E-state index contributed by atoms with van der Waals surface area (Å²) in [4.78, 5) is 6.92. The van der Waals surface area contributed by atoms with Gasteiger partial charge in [0.1, 0.15) is 0 Å². The van der Waals surface area contributed by atoms with E-state index >= 15 is 0 Å². The van der Waals surface area contributed by atoms with Crippen molar-refractivity contribution in [3.05, 3.63) is 84.2 Å². The largest absolute Gasteiger partial charge is 0.366 e. The molecule has 0 aliphatic carbocycles. The zero-order valence-corrected chi connectivity index (χ0v) is 13.3. The third-order valence-corrected chi connectivity index (χ3v) is 4.75. The fourth-order valence-electron chi connectivity index (χ4n) is 3.51. The number of hydrogen-bond donors (Lipinski definition) is 0. The first-order chi connectivity index (χ1) is 11.3. The minimum Gasteiger partial charge on any atom is -0.366 e. The number of fused-ring (bicyclic) bond motifs is 1. The lowest BCUT2D eigenvalue weighted by Gasteiger charge is -2.36. The van der Waals surface area contributed by atoms with Crippen LogP contribution in [-0.2, 0) is 6.42 Å². The summed E-state index contributed by atoms with van der Waals surface area (Å²) in [6.45, 7) is 0. The number of anilines is 1. The summed E-state index contributed by atoms with van der Waals surface area (Å²) in [6.07, 6.45) is 4.09. The molecule has 2 aromatic carbocycles. The third kappa shape index (κ3) is 2.61. The Morgan fingerprint density at radius 3 is 2.52 bits per heavy atom. The van der Waals surface area contributed by atoms with E-state index in [0.29, 0.717) is 6.04 Å². The fraction of sp³-hybridized carbons (Fsp3) is 0.190. The van der Waals surface area contributed by atoms with Crippen molar-refractivity contribution in [2.75, 3.05) is 11.9 Å². The molecular weight excluding hydrogens is 280 g/mol. The van der Waals surface area contributed by atoms with Crippen LogP contribution in [0.1, 0.15) is 23.7 Å². The number of rotatable bonds is 2. The van der Waals surface area contributed by atoms with E-state index in [2.05, 4.69) is 77.6 Å². The molecule has 2 heteroatoms.